The summed E-state index contributed by atoms with van der Waals surface area (Å²) in [6.45, 7) is 2.13. The molecule has 1 fully saturated rings. The summed E-state index contributed by atoms with van der Waals surface area (Å²) in [5, 5.41) is 7.49. The summed E-state index contributed by atoms with van der Waals surface area (Å²) in [5.41, 5.74) is 0.763. The standard InChI is InChI=1S/C20H21FN4O2.ClH/c21-16-4-6-17(7-5-16)26-18-8-3-15(13-23-18)20-24-19(27-25-20)12-14-2-1-10-22-11-9-14;/h3-8,13-14,22H,1-2,9-12H2;1H. The molecule has 1 N–H and O–H groups in total. The third-order valence-corrected chi connectivity index (χ3v) is 4.66. The Morgan fingerprint density at radius 3 is 2.75 bits per heavy atom. The maximum atomic E-state index is 12.9. The molecule has 0 spiro atoms. The van der Waals surface area contributed by atoms with Crippen LogP contribution in [0.3, 0.4) is 0 Å². The van der Waals surface area contributed by atoms with Gasteiger partial charge in [-0.15, -0.1) is 12.4 Å². The molecule has 2 aromatic heterocycles. The maximum absolute atomic E-state index is 12.9. The molecule has 1 unspecified atom stereocenters. The SMILES string of the molecule is Cl.Fc1ccc(Oc2ccc(-c3noc(CC4CCCNCC4)n3)cn2)cc1. The van der Waals surface area contributed by atoms with E-state index in [0.29, 0.717) is 29.3 Å². The van der Waals surface area contributed by atoms with Crippen molar-refractivity contribution in [1.82, 2.24) is 20.4 Å². The lowest BCUT2D eigenvalue weighted by Crippen LogP contribution is -2.14. The zero-order valence-electron chi connectivity index (χ0n) is 15.3. The molecule has 0 saturated carbocycles. The highest BCUT2D eigenvalue weighted by Crippen LogP contribution is 2.24. The first-order chi connectivity index (χ1) is 13.3. The van der Waals surface area contributed by atoms with Gasteiger partial charge in [-0.1, -0.05) is 5.16 Å². The third-order valence-electron chi connectivity index (χ3n) is 4.66. The van der Waals surface area contributed by atoms with Gasteiger partial charge in [0.25, 0.3) is 0 Å². The Kier molecular flexibility index (Phi) is 6.95. The number of aromatic nitrogens is 3. The van der Waals surface area contributed by atoms with Gasteiger partial charge in [0.15, 0.2) is 0 Å². The van der Waals surface area contributed by atoms with Crippen LogP contribution in [0.15, 0.2) is 47.1 Å². The summed E-state index contributed by atoms with van der Waals surface area (Å²) >= 11 is 0. The number of nitrogens with one attached hydrogen (secondary N) is 1. The largest absolute Gasteiger partial charge is 0.439 e. The van der Waals surface area contributed by atoms with Gasteiger partial charge in [0.05, 0.1) is 0 Å². The van der Waals surface area contributed by atoms with Gasteiger partial charge in [-0.2, -0.15) is 4.98 Å². The molecule has 3 aromatic rings. The van der Waals surface area contributed by atoms with Crippen LogP contribution in [0.5, 0.6) is 11.6 Å². The fourth-order valence-corrected chi connectivity index (χ4v) is 3.19. The lowest BCUT2D eigenvalue weighted by Gasteiger charge is -2.09. The number of ether oxygens (including phenoxy) is 1. The van der Waals surface area contributed by atoms with E-state index in [0.717, 1.165) is 31.5 Å². The Hall–Kier alpha value is -2.51. The minimum absolute atomic E-state index is 0. The molecule has 28 heavy (non-hydrogen) atoms. The first-order valence-corrected chi connectivity index (χ1v) is 9.19. The lowest BCUT2D eigenvalue weighted by molar-refractivity contribution is 0.341. The molecule has 6 nitrogen and oxygen atoms in total. The molecular weight excluding hydrogens is 383 g/mol. The van der Waals surface area contributed by atoms with Crippen LogP contribution in [0.2, 0.25) is 0 Å². The van der Waals surface area contributed by atoms with Crippen molar-refractivity contribution in [2.45, 2.75) is 25.7 Å². The monoisotopic (exact) mass is 404 g/mol. The Bertz CT molecular complexity index is 863. The summed E-state index contributed by atoms with van der Waals surface area (Å²) in [6.07, 6.45) is 5.96. The molecule has 1 aliphatic rings. The second-order valence-electron chi connectivity index (χ2n) is 6.70. The molecule has 4 rings (SSSR count). The predicted molar refractivity (Wildman–Crippen MR) is 105 cm³/mol. The highest BCUT2D eigenvalue weighted by molar-refractivity contribution is 5.85. The first kappa shape index (κ1) is 20.2. The molecule has 1 aliphatic heterocycles. The molecule has 148 valence electrons. The summed E-state index contributed by atoms with van der Waals surface area (Å²) in [6, 6.07) is 9.35. The predicted octanol–water partition coefficient (Wildman–Crippen LogP) is 4.42. The molecule has 0 amide bonds. The number of hydrogen-bond acceptors (Lipinski definition) is 6. The highest BCUT2D eigenvalue weighted by Gasteiger charge is 2.17. The number of hydrogen-bond donors (Lipinski definition) is 1. The highest BCUT2D eigenvalue weighted by atomic mass is 35.5. The van der Waals surface area contributed by atoms with Gasteiger partial charge in [0.1, 0.15) is 11.6 Å². The van der Waals surface area contributed by atoms with Gasteiger partial charge >= 0.3 is 0 Å². The van der Waals surface area contributed by atoms with Gasteiger partial charge in [0.2, 0.25) is 17.6 Å². The van der Waals surface area contributed by atoms with Crippen molar-refractivity contribution in [3.63, 3.8) is 0 Å². The fraction of sp³-hybridized carbons (Fsp3) is 0.350. The second kappa shape index (κ2) is 9.61. The van der Waals surface area contributed by atoms with E-state index in [1.165, 1.54) is 25.0 Å². The number of pyridine rings is 1. The molecule has 1 aromatic carbocycles. The average molecular weight is 405 g/mol. The average Bonchev–Trinajstić information content (AvgIpc) is 2.99. The van der Waals surface area contributed by atoms with Crippen molar-refractivity contribution in [1.29, 1.82) is 0 Å². The number of rotatable bonds is 5. The molecule has 0 aliphatic carbocycles. The number of benzene rings is 1. The maximum Gasteiger partial charge on any atom is 0.227 e. The fourth-order valence-electron chi connectivity index (χ4n) is 3.19. The Labute approximate surface area is 168 Å². The van der Waals surface area contributed by atoms with Crippen molar-refractivity contribution in [3.8, 4) is 23.0 Å². The van der Waals surface area contributed by atoms with E-state index >= 15 is 0 Å². The van der Waals surface area contributed by atoms with E-state index in [2.05, 4.69) is 20.4 Å². The van der Waals surface area contributed by atoms with E-state index in [1.54, 1.807) is 24.4 Å². The quantitative estimate of drug-likeness (QED) is 0.678. The van der Waals surface area contributed by atoms with Crippen molar-refractivity contribution in [2.75, 3.05) is 13.1 Å². The molecular formula is C20H22ClFN4O2. The van der Waals surface area contributed by atoms with E-state index in [9.17, 15) is 4.39 Å². The zero-order chi connectivity index (χ0) is 18.5. The summed E-state index contributed by atoms with van der Waals surface area (Å²) in [4.78, 5) is 8.77. The third kappa shape index (κ3) is 5.27. The van der Waals surface area contributed by atoms with E-state index in [-0.39, 0.29) is 18.2 Å². The molecule has 1 saturated heterocycles. The topological polar surface area (TPSA) is 73.1 Å². The van der Waals surface area contributed by atoms with Crippen LogP contribution >= 0.6 is 12.4 Å². The summed E-state index contributed by atoms with van der Waals surface area (Å²) in [7, 11) is 0. The number of halogens is 2. The molecule has 0 bridgehead atoms. The smallest absolute Gasteiger partial charge is 0.227 e. The van der Waals surface area contributed by atoms with Crippen LogP contribution in [0.25, 0.3) is 11.4 Å². The summed E-state index contributed by atoms with van der Waals surface area (Å²) in [5.74, 6) is 2.41. The Morgan fingerprint density at radius 1 is 1.11 bits per heavy atom. The van der Waals surface area contributed by atoms with E-state index in [1.807, 2.05) is 6.07 Å². The Morgan fingerprint density at radius 2 is 1.96 bits per heavy atom. The van der Waals surface area contributed by atoms with Crippen LogP contribution < -0.4 is 10.1 Å². The van der Waals surface area contributed by atoms with Crippen LogP contribution in [0.1, 0.15) is 25.2 Å². The van der Waals surface area contributed by atoms with Crippen molar-refractivity contribution >= 4 is 12.4 Å². The van der Waals surface area contributed by atoms with Gasteiger partial charge in [-0.05, 0) is 68.6 Å². The van der Waals surface area contributed by atoms with Gasteiger partial charge < -0.3 is 14.6 Å². The van der Waals surface area contributed by atoms with Crippen molar-refractivity contribution in [2.24, 2.45) is 5.92 Å². The summed E-state index contributed by atoms with van der Waals surface area (Å²) < 4.78 is 24.0. The van der Waals surface area contributed by atoms with Crippen molar-refractivity contribution < 1.29 is 13.7 Å². The van der Waals surface area contributed by atoms with Crippen LogP contribution in [0, 0.1) is 11.7 Å². The van der Waals surface area contributed by atoms with Crippen LogP contribution in [0.4, 0.5) is 4.39 Å². The molecule has 3 heterocycles. The first-order valence-electron chi connectivity index (χ1n) is 9.19. The van der Waals surface area contributed by atoms with E-state index < -0.39 is 0 Å². The lowest BCUT2D eigenvalue weighted by atomic mass is 9.97. The Balaban J connectivity index is 0.00000225. The van der Waals surface area contributed by atoms with Gasteiger partial charge in [0, 0.05) is 24.2 Å². The zero-order valence-corrected chi connectivity index (χ0v) is 16.1. The van der Waals surface area contributed by atoms with Crippen molar-refractivity contribution in [3.05, 3.63) is 54.3 Å². The van der Waals surface area contributed by atoms with Gasteiger partial charge in [-0.3, -0.25) is 0 Å². The minimum Gasteiger partial charge on any atom is -0.439 e. The van der Waals surface area contributed by atoms with E-state index in [4.69, 9.17) is 9.26 Å². The molecule has 8 heteroatoms. The second-order valence-corrected chi connectivity index (χ2v) is 6.70. The molecule has 1 atom stereocenters. The normalized spacial score (nSPS) is 16.8. The van der Waals surface area contributed by atoms with Gasteiger partial charge in [-0.25, -0.2) is 9.37 Å². The van der Waals surface area contributed by atoms with Crippen LogP contribution in [-0.2, 0) is 6.42 Å². The number of nitrogens with zero attached hydrogens (tertiary/aromatic N) is 3. The van der Waals surface area contributed by atoms with Crippen LogP contribution in [-0.4, -0.2) is 28.2 Å². The molecule has 0 radical (unpaired) electrons. The minimum atomic E-state index is -0.307.